The van der Waals surface area contributed by atoms with Gasteiger partial charge in [-0.05, 0) is 36.8 Å². The second kappa shape index (κ2) is 9.75. The van der Waals surface area contributed by atoms with Crippen molar-refractivity contribution in [1.82, 2.24) is 9.97 Å². The highest BCUT2D eigenvalue weighted by molar-refractivity contribution is 7.92. The van der Waals surface area contributed by atoms with Gasteiger partial charge in [-0.1, -0.05) is 30.3 Å². The minimum Gasteiger partial charge on any atom is -0.326 e. The van der Waals surface area contributed by atoms with Gasteiger partial charge in [0.2, 0.25) is 11.9 Å². The number of rotatable bonds is 9. The maximum Gasteiger partial charge on any atom is 0.264 e. The number of amides is 1. The molecular weight excluding hydrogens is 404 g/mol. The maximum atomic E-state index is 12.3. The molecule has 2 N–H and O–H groups in total. The van der Waals surface area contributed by atoms with Crippen LogP contribution in [0.4, 0.5) is 11.6 Å². The van der Waals surface area contributed by atoms with Crippen LogP contribution in [0, 0.1) is 0 Å². The average molecular weight is 424 g/mol. The van der Waals surface area contributed by atoms with Crippen molar-refractivity contribution in [2.24, 2.45) is 0 Å². The summed E-state index contributed by atoms with van der Waals surface area (Å²) in [5, 5.41) is 2.69. The van der Waals surface area contributed by atoms with Gasteiger partial charge in [0.15, 0.2) is 5.78 Å². The van der Waals surface area contributed by atoms with Crippen molar-refractivity contribution in [3.8, 4) is 0 Å². The van der Waals surface area contributed by atoms with Crippen LogP contribution in [0.2, 0.25) is 0 Å². The summed E-state index contributed by atoms with van der Waals surface area (Å²) in [4.78, 5) is 31.8. The predicted molar refractivity (Wildman–Crippen MR) is 113 cm³/mol. The van der Waals surface area contributed by atoms with Gasteiger partial charge < -0.3 is 5.32 Å². The first-order chi connectivity index (χ1) is 14.4. The van der Waals surface area contributed by atoms with Crippen molar-refractivity contribution in [3.63, 3.8) is 0 Å². The molecule has 1 heterocycles. The predicted octanol–water partition coefficient (Wildman–Crippen LogP) is 3.27. The number of sulfonamides is 1. The van der Waals surface area contributed by atoms with Gasteiger partial charge in [-0.3, -0.25) is 9.59 Å². The molecule has 0 bridgehead atoms. The fourth-order valence-corrected chi connectivity index (χ4v) is 3.61. The molecule has 0 aliphatic carbocycles. The Bertz CT molecular complexity index is 1100. The fourth-order valence-electron chi connectivity index (χ4n) is 2.65. The monoisotopic (exact) mass is 424 g/mol. The Morgan fingerprint density at radius 2 is 1.50 bits per heavy atom. The molecule has 1 aromatic heterocycles. The van der Waals surface area contributed by atoms with Gasteiger partial charge in [0.25, 0.3) is 10.0 Å². The SMILES string of the molecule is O=C(CCCC(=O)c1ccccc1)Nc1ccc(S(=O)(=O)Nc2ncccn2)cc1. The van der Waals surface area contributed by atoms with Crippen LogP contribution in [0.15, 0.2) is 78.0 Å². The molecule has 1 amide bonds. The molecule has 0 aliphatic heterocycles. The molecule has 0 saturated carbocycles. The highest BCUT2D eigenvalue weighted by atomic mass is 32.2. The van der Waals surface area contributed by atoms with Crippen LogP contribution >= 0.6 is 0 Å². The van der Waals surface area contributed by atoms with E-state index in [1.807, 2.05) is 6.07 Å². The first-order valence-electron chi connectivity index (χ1n) is 9.22. The summed E-state index contributed by atoms with van der Waals surface area (Å²) in [6.07, 6.45) is 3.74. The fraction of sp³-hybridized carbons (Fsp3) is 0.143. The molecule has 8 nitrogen and oxygen atoms in total. The van der Waals surface area contributed by atoms with E-state index in [9.17, 15) is 18.0 Å². The number of carbonyl (C=O) groups excluding carboxylic acids is 2. The Hall–Kier alpha value is -3.59. The zero-order valence-electron chi connectivity index (χ0n) is 16.0. The summed E-state index contributed by atoms with van der Waals surface area (Å²) in [5.41, 5.74) is 1.09. The van der Waals surface area contributed by atoms with E-state index in [4.69, 9.17) is 0 Å². The van der Waals surface area contributed by atoms with Crippen molar-refractivity contribution in [2.75, 3.05) is 10.0 Å². The Kier molecular flexibility index (Phi) is 6.87. The third-order valence-electron chi connectivity index (χ3n) is 4.14. The zero-order chi connectivity index (χ0) is 21.4. The van der Waals surface area contributed by atoms with E-state index in [1.54, 1.807) is 30.3 Å². The van der Waals surface area contributed by atoms with E-state index in [0.29, 0.717) is 17.7 Å². The van der Waals surface area contributed by atoms with Crippen molar-refractivity contribution in [3.05, 3.63) is 78.6 Å². The number of nitrogens with zero attached hydrogens (tertiary/aromatic N) is 2. The molecule has 0 saturated heterocycles. The molecule has 0 aliphatic rings. The standard InChI is InChI=1S/C21H20N4O4S/c26-19(16-6-2-1-3-7-16)8-4-9-20(27)24-17-10-12-18(13-11-17)30(28,29)25-21-22-14-5-15-23-21/h1-3,5-7,10-15H,4,8-9H2,(H,24,27)(H,22,23,25). The Morgan fingerprint density at radius 3 is 2.17 bits per heavy atom. The minimum atomic E-state index is -3.83. The van der Waals surface area contributed by atoms with E-state index in [2.05, 4.69) is 20.0 Å². The van der Waals surface area contributed by atoms with Gasteiger partial charge in [-0.15, -0.1) is 0 Å². The minimum absolute atomic E-state index is 0.00662. The molecule has 0 radical (unpaired) electrons. The van der Waals surface area contributed by atoms with Gasteiger partial charge >= 0.3 is 0 Å². The van der Waals surface area contributed by atoms with Crippen LogP contribution < -0.4 is 10.0 Å². The van der Waals surface area contributed by atoms with E-state index in [-0.39, 0.29) is 35.4 Å². The summed E-state index contributed by atoms with van der Waals surface area (Å²) in [7, 11) is -3.83. The highest BCUT2D eigenvalue weighted by Crippen LogP contribution is 2.17. The number of anilines is 2. The van der Waals surface area contributed by atoms with E-state index < -0.39 is 10.0 Å². The molecule has 3 aromatic rings. The molecule has 0 spiro atoms. The first-order valence-corrected chi connectivity index (χ1v) is 10.7. The van der Waals surface area contributed by atoms with Crippen molar-refractivity contribution < 1.29 is 18.0 Å². The van der Waals surface area contributed by atoms with Crippen LogP contribution in [0.3, 0.4) is 0 Å². The van der Waals surface area contributed by atoms with Crippen molar-refractivity contribution >= 4 is 33.3 Å². The maximum absolute atomic E-state index is 12.3. The van der Waals surface area contributed by atoms with E-state index in [0.717, 1.165) is 0 Å². The molecule has 0 fully saturated rings. The number of aromatic nitrogens is 2. The highest BCUT2D eigenvalue weighted by Gasteiger charge is 2.15. The number of nitrogens with one attached hydrogen (secondary N) is 2. The van der Waals surface area contributed by atoms with Crippen molar-refractivity contribution in [2.45, 2.75) is 24.2 Å². The quantitative estimate of drug-likeness (QED) is 0.509. The Labute approximate surface area is 174 Å². The molecule has 30 heavy (non-hydrogen) atoms. The van der Waals surface area contributed by atoms with Gasteiger partial charge in [-0.2, -0.15) is 0 Å². The summed E-state index contributed by atoms with van der Waals surface area (Å²) in [6.45, 7) is 0. The lowest BCUT2D eigenvalue weighted by Crippen LogP contribution is -2.15. The van der Waals surface area contributed by atoms with Crippen molar-refractivity contribution in [1.29, 1.82) is 0 Å². The third-order valence-corrected chi connectivity index (χ3v) is 5.49. The molecule has 0 atom stereocenters. The third kappa shape index (κ3) is 5.95. The van der Waals surface area contributed by atoms with Gasteiger partial charge in [0.05, 0.1) is 4.90 Å². The van der Waals surface area contributed by atoms with Crippen LogP contribution in [0.1, 0.15) is 29.6 Å². The molecule has 9 heteroatoms. The average Bonchev–Trinajstić information content (AvgIpc) is 2.75. The number of Topliss-reactive ketones (excluding diaryl/α,β-unsaturated/α-hetero) is 1. The van der Waals surface area contributed by atoms with Gasteiger partial charge in [0.1, 0.15) is 0 Å². The number of hydrogen-bond donors (Lipinski definition) is 2. The topological polar surface area (TPSA) is 118 Å². The first kappa shape index (κ1) is 21.1. The number of hydrogen-bond acceptors (Lipinski definition) is 6. The zero-order valence-corrected chi connectivity index (χ0v) is 16.8. The van der Waals surface area contributed by atoms with Gasteiger partial charge in [-0.25, -0.2) is 23.1 Å². The van der Waals surface area contributed by atoms with Crippen LogP contribution in [-0.4, -0.2) is 30.1 Å². The second-order valence-electron chi connectivity index (χ2n) is 6.39. The summed E-state index contributed by atoms with van der Waals surface area (Å²) in [6, 6.07) is 16.2. The summed E-state index contributed by atoms with van der Waals surface area (Å²) >= 11 is 0. The lowest BCUT2D eigenvalue weighted by Gasteiger charge is -2.08. The number of benzene rings is 2. The molecule has 0 unspecified atom stereocenters. The molecule has 3 rings (SSSR count). The lowest BCUT2D eigenvalue weighted by molar-refractivity contribution is -0.116. The van der Waals surface area contributed by atoms with E-state index in [1.165, 1.54) is 36.7 Å². The normalized spacial score (nSPS) is 10.9. The van der Waals surface area contributed by atoms with Gasteiger partial charge in [0, 0.05) is 36.5 Å². The molecule has 154 valence electrons. The largest absolute Gasteiger partial charge is 0.326 e. The summed E-state index contributed by atoms with van der Waals surface area (Å²) in [5.74, 6) is -0.282. The molecular formula is C21H20N4O4S. The van der Waals surface area contributed by atoms with E-state index >= 15 is 0 Å². The van der Waals surface area contributed by atoms with Crippen LogP contribution in [0.25, 0.3) is 0 Å². The Balaban J connectivity index is 1.50. The second-order valence-corrected chi connectivity index (χ2v) is 8.08. The summed E-state index contributed by atoms with van der Waals surface area (Å²) < 4.78 is 27.0. The van der Waals surface area contributed by atoms with Crippen LogP contribution in [0.5, 0.6) is 0 Å². The number of ketones is 1. The van der Waals surface area contributed by atoms with Crippen LogP contribution in [-0.2, 0) is 14.8 Å². The number of carbonyl (C=O) groups is 2. The molecule has 2 aromatic carbocycles. The Morgan fingerprint density at radius 1 is 0.833 bits per heavy atom. The lowest BCUT2D eigenvalue weighted by atomic mass is 10.1. The smallest absolute Gasteiger partial charge is 0.264 e.